The molecule has 0 saturated carbocycles. The van der Waals surface area contributed by atoms with Crippen molar-refractivity contribution in [2.24, 2.45) is 4.99 Å². The number of carbonyl (C=O) groups excluding carboxylic acids is 1. The Kier molecular flexibility index (Phi) is 7.95. The number of piperazine rings is 1. The van der Waals surface area contributed by atoms with Crippen LogP contribution in [0.25, 0.3) is 0 Å². The molecule has 1 N–H and O–H groups in total. The normalized spacial score (nSPS) is 21.5. The molecule has 0 aromatic rings. The third-order valence-corrected chi connectivity index (χ3v) is 6.16. The van der Waals surface area contributed by atoms with Crippen molar-refractivity contribution in [3.8, 4) is 0 Å². The first-order valence-electron chi connectivity index (χ1n) is 9.33. The van der Waals surface area contributed by atoms with Gasteiger partial charge in [-0.1, -0.05) is 0 Å². The van der Waals surface area contributed by atoms with Crippen molar-refractivity contribution < 1.29 is 17.9 Å². The zero-order valence-electron chi connectivity index (χ0n) is 15.8. The molecule has 26 heavy (non-hydrogen) atoms. The molecule has 2 fully saturated rings. The Hall–Kier alpha value is -1.55. The average molecular weight is 390 g/mol. The van der Waals surface area contributed by atoms with E-state index in [1.165, 1.54) is 0 Å². The van der Waals surface area contributed by atoms with Crippen LogP contribution in [0.1, 0.15) is 13.8 Å². The fourth-order valence-corrected chi connectivity index (χ4v) is 4.29. The minimum absolute atomic E-state index is 0.243. The number of amides is 1. The second-order valence-corrected chi connectivity index (χ2v) is 8.71. The highest BCUT2D eigenvalue weighted by molar-refractivity contribution is 7.91. The Morgan fingerprint density at radius 3 is 2.23 bits per heavy atom. The molecular formula is C16H31N5O4S. The maximum atomic E-state index is 11.8. The van der Waals surface area contributed by atoms with Gasteiger partial charge in [0.1, 0.15) is 0 Å². The molecular weight excluding hydrogens is 358 g/mol. The molecule has 2 aliphatic heterocycles. The van der Waals surface area contributed by atoms with Gasteiger partial charge < -0.3 is 19.9 Å². The molecule has 0 atom stereocenters. The van der Waals surface area contributed by atoms with Crippen LogP contribution in [0.3, 0.4) is 0 Å². The summed E-state index contributed by atoms with van der Waals surface area (Å²) in [4.78, 5) is 22.5. The zero-order chi connectivity index (χ0) is 19.0. The van der Waals surface area contributed by atoms with Gasteiger partial charge in [-0.3, -0.25) is 9.89 Å². The van der Waals surface area contributed by atoms with Crippen molar-refractivity contribution >= 4 is 21.9 Å². The lowest BCUT2D eigenvalue weighted by molar-refractivity contribution is 0.0914. The number of sulfone groups is 1. The molecule has 150 valence electrons. The summed E-state index contributed by atoms with van der Waals surface area (Å²) in [5.41, 5.74) is 0. The van der Waals surface area contributed by atoms with E-state index >= 15 is 0 Å². The topological polar surface area (TPSA) is 94.5 Å². The van der Waals surface area contributed by atoms with Gasteiger partial charge in [-0.25, -0.2) is 13.2 Å². The van der Waals surface area contributed by atoms with Crippen LogP contribution in [-0.4, -0.2) is 112 Å². The first kappa shape index (κ1) is 20.8. The Bertz CT molecular complexity index is 573. The fourth-order valence-electron chi connectivity index (χ4n) is 3.01. The molecule has 1 amide bonds. The Labute approximate surface area is 156 Å². The van der Waals surface area contributed by atoms with Crippen molar-refractivity contribution in [2.75, 3.05) is 77.0 Å². The highest BCUT2D eigenvalue weighted by Gasteiger charge is 2.24. The second-order valence-electron chi connectivity index (χ2n) is 6.40. The number of nitrogens with zero attached hydrogens (tertiary/aromatic N) is 4. The van der Waals surface area contributed by atoms with Crippen LogP contribution in [0.2, 0.25) is 0 Å². The molecule has 2 heterocycles. The standard InChI is InChI=1S/C16H31N5O4S/c1-3-17-15(18-5-6-19-11-13-26(23,24)14-12-19)20-7-9-21(10-8-20)16(22)25-4-2/h3-14H2,1-2H3,(H,17,18). The number of nitrogens with one attached hydrogen (secondary N) is 1. The van der Waals surface area contributed by atoms with E-state index in [9.17, 15) is 13.2 Å². The van der Waals surface area contributed by atoms with Gasteiger partial charge in [0.2, 0.25) is 0 Å². The molecule has 2 rings (SSSR count). The molecule has 9 nitrogen and oxygen atoms in total. The van der Waals surface area contributed by atoms with Gasteiger partial charge in [-0.05, 0) is 13.8 Å². The summed E-state index contributed by atoms with van der Waals surface area (Å²) in [7, 11) is -2.84. The van der Waals surface area contributed by atoms with Crippen LogP contribution in [0.4, 0.5) is 4.79 Å². The molecule has 0 aliphatic carbocycles. The molecule has 2 aliphatic rings. The summed E-state index contributed by atoms with van der Waals surface area (Å²) < 4.78 is 28.0. The molecule has 10 heteroatoms. The van der Waals surface area contributed by atoms with Gasteiger partial charge in [-0.2, -0.15) is 0 Å². The molecule has 0 aromatic heterocycles. The first-order chi connectivity index (χ1) is 12.4. The van der Waals surface area contributed by atoms with E-state index in [0.717, 1.165) is 19.0 Å². The number of rotatable bonds is 5. The lowest BCUT2D eigenvalue weighted by Gasteiger charge is -2.36. The summed E-state index contributed by atoms with van der Waals surface area (Å²) in [5.74, 6) is 1.33. The number of hydrogen-bond acceptors (Lipinski definition) is 6. The van der Waals surface area contributed by atoms with Crippen LogP contribution in [0.15, 0.2) is 4.99 Å². The minimum Gasteiger partial charge on any atom is -0.450 e. The maximum absolute atomic E-state index is 11.8. The van der Waals surface area contributed by atoms with Crippen molar-refractivity contribution in [3.63, 3.8) is 0 Å². The van der Waals surface area contributed by atoms with Crippen molar-refractivity contribution in [1.82, 2.24) is 20.0 Å². The third-order valence-electron chi connectivity index (χ3n) is 4.55. The highest BCUT2D eigenvalue weighted by Crippen LogP contribution is 2.06. The van der Waals surface area contributed by atoms with E-state index in [0.29, 0.717) is 52.4 Å². The number of ether oxygens (including phenoxy) is 1. The van der Waals surface area contributed by atoms with E-state index in [1.807, 2.05) is 13.8 Å². The summed E-state index contributed by atoms with van der Waals surface area (Å²) in [6, 6.07) is 0. The Balaban J connectivity index is 1.80. The van der Waals surface area contributed by atoms with Gasteiger partial charge in [0.15, 0.2) is 15.8 Å². The Morgan fingerprint density at radius 2 is 1.65 bits per heavy atom. The van der Waals surface area contributed by atoms with Crippen molar-refractivity contribution in [1.29, 1.82) is 0 Å². The fraction of sp³-hybridized carbons (Fsp3) is 0.875. The van der Waals surface area contributed by atoms with E-state index in [-0.39, 0.29) is 17.6 Å². The highest BCUT2D eigenvalue weighted by atomic mass is 32.2. The minimum atomic E-state index is -2.84. The summed E-state index contributed by atoms with van der Waals surface area (Å²) in [6.07, 6.45) is -0.255. The van der Waals surface area contributed by atoms with Gasteiger partial charge in [0.25, 0.3) is 0 Å². The lowest BCUT2D eigenvalue weighted by Crippen LogP contribution is -2.54. The molecule has 0 radical (unpaired) electrons. The van der Waals surface area contributed by atoms with Crippen molar-refractivity contribution in [2.45, 2.75) is 13.8 Å². The zero-order valence-corrected chi connectivity index (χ0v) is 16.6. The van der Waals surface area contributed by atoms with E-state index in [2.05, 4.69) is 20.1 Å². The smallest absolute Gasteiger partial charge is 0.409 e. The van der Waals surface area contributed by atoms with E-state index in [4.69, 9.17) is 4.74 Å². The maximum Gasteiger partial charge on any atom is 0.409 e. The first-order valence-corrected chi connectivity index (χ1v) is 11.1. The number of guanidine groups is 1. The number of aliphatic imine (C=N–C) groups is 1. The number of carbonyl (C=O) groups is 1. The van der Waals surface area contributed by atoms with Crippen LogP contribution >= 0.6 is 0 Å². The van der Waals surface area contributed by atoms with Gasteiger partial charge in [0, 0.05) is 52.4 Å². The molecule has 0 unspecified atom stereocenters. The quantitative estimate of drug-likeness (QED) is 0.498. The largest absolute Gasteiger partial charge is 0.450 e. The average Bonchev–Trinajstić information content (AvgIpc) is 2.63. The molecule has 0 aromatic carbocycles. The summed E-state index contributed by atoms with van der Waals surface area (Å²) >= 11 is 0. The predicted octanol–water partition coefficient (Wildman–Crippen LogP) is -0.544. The SMILES string of the molecule is CCNC(=NCCN1CCS(=O)(=O)CC1)N1CCN(C(=O)OCC)CC1. The predicted molar refractivity (Wildman–Crippen MR) is 101 cm³/mol. The number of hydrogen-bond donors (Lipinski definition) is 1. The van der Waals surface area contributed by atoms with Crippen LogP contribution in [-0.2, 0) is 14.6 Å². The lowest BCUT2D eigenvalue weighted by atomic mass is 10.3. The molecule has 0 bridgehead atoms. The summed E-state index contributed by atoms with van der Waals surface area (Å²) in [6.45, 7) is 10.2. The van der Waals surface area contributed by atoms with Crippen LogP contribution in [0.5, 0.6) is 0 Å². The van der Waals surface area contributed by atoms with Gasteiger partial charge in [-0.15, -0.1) is 0 Å². The summed E-state index contributed by atoms with van der Waals surface area (Å²) in [5, 5.41) is 3.30. The monoisotopic (exact) mass is 389 g/mol. The molecule has 2 saturated heterocycles. The molecule has 0 spiro atoms. The van der Waals surface area contributed by atoms with Gasteiger partial charge >= 0.3 is 6.09 Å². The van der Waals surface area contributed by atoms with E-state index in [1.54, 1.807) is 4.90 Å². The third kappa shape index (κ3) is 6.31. The Morgan fingerprint density at radius 1 is 1.04 bits per heavy atom. The second kappa shape index (κ2) is 9.96. The van der Waals surface area contributed by atoms with Gasteiger partial charge in [0.05, 0.1) is 24.7 Å². The van der Waals surface area contributed by atoms with E-state index < -0.39 is 9.84 Å². The van der Waals surface area contributed by atoms with Crippen LogP contribution < -0.4 is 5.32 Å². The van der Waals surface area contributed by atoms with Crippen LogP contribution in [0, 0.1) is 0 Å². The van der Waals surface area contributed by atoms with Crippen molar-refractivity contribution in [3.05, 3.63) is 0 Å².